The molecular weight excluding hydrogens is 648 g/mol. The van der Waals surface area contributed by atoms with E-state index in [-0.39, 0.29) is 17.7 Å². The van der Waals surface area contributed by atoms with Crippen LogP contribution >= 0.6 is 0 Å². The van der Waals surface area contributed by atoms with Gasteiger partial charge in [-0.05, 0) is 73.5 Å². The molecular formula is C38H38N8O5. The third kappa shape index (κ3) is 8.57. The zero-order valence-electron chi connectivity index (χ0n) is 28.8. The first kappa shape index (κ1) is 34.4. The number of rotatable bonds is 6. The van der Waals surface area contributed by atoms with Crippen LogP contribution < -0.4 is 29.7 Å². The van der Waals surface area contributed by atoms with Gasteiger partial charge in [-0.15, -0.1) is 0 Å². The molecule has 0 radical (unpaired) electrons. The monoisotopic (exact) mass is 686 g/mol. The number of piperazine rings is 1. The lowest BCUT2D eigenvalue weighted by molar-refractivity contribution is 0.208. The maximum Gasteiger partial charge on any atom is 0.418 e. The minimum atomic E-state index is -0.658. The van der Waals surface area contributed by atoms with Crippen molar-refractivity contribution in [3.05, 3.63) is 108 Å². The standard InChI is InChI=1S/C22H25N5O2.C16H13N3O3/c1-15-12-16(2)14-17(13-15)26-8-10-27(11-9-26)22(28)25-20-21(29-3)24-19-7-5-4-6-18(19)23-20;1-21-15-14(17-12-9-5-6-10-13(12)18-15)19-16(20)22-11-7-3-2-4-8-11/h4-7,12-14H,8-11H2,1-3H3,(H,23,25,28);2-10H,1H3,(H,17,19,20). The molecule has 2 aromatic heterocycles. The predicted molar refractivity (Wildman–Crippen MR) is 197 cm³/mol. The van der Waals surface area contributed by atoms with E-state index in [9.17, 15) is 9.59 Å². The van der Waals surface area contributed by atoms with Gasteiger partial charge in [-0.25, -0.2) is 29.5 Å². The Balaban J connectivity index is 0.000000183. The summed E-state index contributed by atoms with van der Waals surface area (Å²) in [6.45, 7) is 7.08. The Morgan fingerprint density at radius 3 is 1.59 bits per heavy atom. The van der Waals surface area contributed by atoms with Gasteiger partial charge in [-0.3, -0.25) is 10.6 Å². The lowest BCUT2D eigenvalue weighted by Crippen LogP contribution is -2.50. The maximum absolute atomic E-state index is 12.8. The molecule has 51 heavy (non-hydrogen) atoms. The molecule has 0 spiro atoms. The third-order valence-electron chi connectivity index (χ3n) is 8.00. The molecule has 0 aliphatic carbocycles. The number of amides is 3. The fourth-order valence-electron chi connectivity index (χ4n) is 5.61. The predicted octanol–water partition coefficient (Wildman–Crippen LogP) is 6.86. The van der Waals surface area contributed by atoms with Crippen molar-refractivity contribution in [3.63, 3.8) is 0 Å². The molecule has 3 heterocycles. The van der Waals surface area contributed by atoms with Gasteiger partial charge >= 0.3 is 12.1 Å². The van der Waals surface area contributed by atoms with Crippen molar-refractivity contribution < 1.29 is 23.8 Å². The SMILES string of the molecule is COc1nc2ccccc2nc1NC(=O)N1CCN(c2cc(C)cc(C)c2)CC1.COc1nc2ccccc2nc1NC(=O)Oc1ccccc1. The molecule has 1 fully saturated rings. The number of aromatic nitrogens is 4. The molecule has 13 heteroatoms. The van der Waals surface area contributed by atoms with Crippen LogP contribution in [0, 0.1) is 13.8 Å². The Kier molecular flexibility index (Phi) is 10.7. The highest BCUT2D eigenvalue weighted by Gasteiger charge is 2.23. The molecule has 13 nitrogen and oxygen atoms in total. The van der Waals surface area contributed by atoms with Crippen LogP contribution in [0.3, 0.4) is 0 Å². The molecule has 260 valence electrons. The van der Waals surface area contributed by atoms with Gasteiger partial charge in [0.2, 0.25) is 0 Å². The van der Waals surface area contributed by atoms with E-state index in [0.717, 1.165) is 18.6 Å². The second kappa shape index (κ2) is 15.8. The zero-order chi connectivity index (χ0) is 35.7. The second-order valence-electron chi connectivity index (χ2n) is 11.7. The van der Waals surface area contributed by atoms with Crippen LogP contribution in [-0.2, 0) is 0 Å². The van der Waals surface area contributed by atoms with Gasteiger partial charge in [0.05, 0.1) is 36.3 Å². The number of aryl methyl sites for hydroxylation is 2. The van der Waals surface area contributed by atoms with Crippen molar-refractivity contribution in [2.45, 2.75) is 13.8 Å². The summed E-state index contributed by atoms with van der Waals surface area (Å²) < 4.78 is 15.6. The van der Waals surface area contributed by atoms with Crippen LogP contribution in [-0.4, -0.2) is 77.4 Å². The normalized spacial score (nSPS) is 12.5. The number of methoxy groups -OCH3 is 2. The third-order valence-corrected chi connectivity index (χ3v) is 8.00. The van der Waals surface area contributed by atoms with Crippen molar-refractivity contribution in [1.29, 1.82) is 0 Å². The number of benzene rings is 4. The number of carbonyl (C=O) groups is 2. The number of fused-ring (bicyclic) bond motifs is 2. The van der Waals surface area contributed by atoms with Gasteiger partial charge in [0.1, 0.15) is 5.75 Å². The quantitative estimate of drug-likeness (QED) is 0.191. The number of hydrogen-bond acceptors (Lipinski definition) is 10. The molecule has 4 aromatic carbocycles. The summed E-state index contributed by atoms with van der Waals surface area (Å²) in [6.07, 6.45) is -0.658. The van der Waals surface area contributed by atoms with E-state index in [4.69, 9.17) is 14.2 Å². The number of para-hydroxylation sites is 5. The minimum Gasteiger partial charge on any atom is -0.478 e. The molecule has 2 N–H and O–H groups in total. The average Bonchev–Trinajstić information content (AvgIpc) is 3.14. The van der Waals surface area contributed by atoms with Crippen molar-refractivity contribution >= 4 is 51.5 Å². The second-order valence-corrected chi connectivity index (χ2v) is 11.7. The Morgan fingerprint density at radius 2 is 1.08 bits per heavy atom. The number of nitrogens with zero attached hydrogens (tertiary/aromatic N) is 6. The summed E-state index contributed by atoms with van der Waals surface area (Å²) in [5.41, 5.74) is 6.49. The molecule has 7 rings (SSSR count). The van der Waals surface area contributed by atoms with Crippen molar-refractivity contribution in [2.24, 2.45) is 0 Å². The number of hydrogen-bond donors (Lipinski definition) is 2. The highest BCUT2D eigenvalue weighted by molar-refractivity contribution is 5.91. The molecule has 6 aromatic rings. The van der Waals surface area contributed by atoms with Gasteiger partial charge in [-0.2, -0.15) is 0 Å². The average molecular weight is 687 g/mol. The van der Waals surface area contributed by atoms with E-state index in [0.29, 0.717) is 47.1 Å². The number of anilines is 3. The van der Waals surface area contributed by atoms with E-state index in [1.54, 1.807) is 35.2 Å². The van der Waals surface area contributed by atoms with Crippen LogP contribution in [0.2, 0.25) is 0 Å². The van der Waals surface area contributed by atoms with Crippen LogP contribution in [0.4, 0.5) is 26.9 Å². The van der Waals surface area contributed by atoms with Gasteiger partial charge < -0.3 is 24.0 Å². The van der Waals surface area contributed by atoms with Crippen LogP contribution in [0.25, 0.3) is 22.1 Å². The van der Waals surface area contributed by atoms with Gasteiger partial charge in [0, 0.05) is 31.9 Å². The molecule has 3 amide bonds. The maximum atomic E-state index is 12.8. The van der Waals surface area contributed by atoms with Gasteiger partial charge in [-0.1, -0.05) is 48.5 Å². The molecule has 0 atom stereocenters. The minimum absolute atomic E-state index is 0.187. The number of urea groups is 1. The van der Waals surface area contributed by atoms with E-state index in [1.165, 1.54) is 31.0 Å². The number of ether oxygens (including phenoxy) is 3. The fourth-order valence-corrected chi connectivity index (χ4v) is 5.61. The molecule has 1 saturated heterocycles. The Hall–Kier alpha value is -6.50. The lowest BCUT2D eigenvalue weighted by Gasteiger charge is -2.36. The molecule has 0 bridgehead atoms. The van der Waals surface area contributed by atoms with Crippen LogP contribution in [0.1, 0.15) is 11.1 Å². The molecule has 1 aliphatic heterocycles. The summed E-state index contributed by atoms with van der Waals surface area (Å²) in [6, 6.07) is 29.9. The Bertz CT molecular complexity index is 2140. The molecule has 0 saturated carbocycles. The molecule has 0 unspecified atom stereocenters. The largest absolute Gasteiger partial charge is 0.478 e. The lowest BCUT2D eigenvalue weighted by atomic mass is 10.1. The van der Waals surface area contributed by atoms with E-state index >= 15 is 0 Å². The summed E-state index contributed by atoms with van der Waals surface area (Å²) >= 11 is 0. The summed E-state index contributed by atoms with van der Waals surface area (Å²) in [4.78, 5) is 46.4. The zero-order valence-corrected chi connectivity index (χ0v) is 28.8. The van der Waals surface area contributed by atoms with Crippen molar-refractivity contribution in [1.82, 2.24) is 24.8 Å². The summed E-state index contributed by atoms with van der Waals surface area (Å²) in [5, 5.41) is 5.41. The summed E-state index contributed by atoms with van der Waals surface area (Å²) in [5.74, 6) is 1.53. The van der Waals surface area contributed by atoms with Crippen molar-refractivity contribution in [3.8, 4) is 17.5 Å². The van der Waals surface area contributed by atoms with Gasteiger partial charge in [0.25, 0.3) is 11.8 Å². The highest BCUT2D eigenvalue weighted by Crippen LogP contribution is 2.25. The Morgan fingerprint density at radius 1 is 0.608 bits per heavy atom. The van der Waals surface area contributed by atoms with E-state index < -0.39 is 6.09 Å². The number of carbonyl (C=O) groups excluding carboxylic acids is 2. The summed E-state index contributed by atoms with van der Waals surface area (Å²) in [7, 11) is 2.99. The first-order valence-corrected chi connectivity index (χ1v) is 16.3. The van der Waals surface area contributed by atoms with Gasteiger partial charge in [0.15, 0.2) is 11.6 Å². The van der Waals surface area contributed by atoms with E-state index in [1.807, 2.05) is 48.5 Å². The topological polar surface area (TPSA) is 144 Å². The fraction of sp³-hybridized carbons (Fsp3) is 0.211. The van der Waals surface area contributed by atoms with Crippen LogP contribution in [0.15, 0.2) is 97.1 Å². The first-order valence-electron chi connectivity index (χ1n) is 16.3. The van der Waals surface area contributed by atoms with Crippen molar-refractivity contribution in [2.75, 3.05) is 55.9 Å². The van der Waals surface area contributed by atoms with Crippen LogP contribution in [0.5, 0.6) is 17.5 Å². The van der Waals surface area contributed by atoms with E-state index in [2.05, 4.69) is 67.5 Å². The highest BCUT2D eigenvalue weighted by atomic mass is 16.6. The number of nitrogens with one attached hydrogen (secondary N) is 2. The first-order chi connectivity index (χ1) is 24.8. The Labute approximate surface area is 295 Å². The smallest absolute Gasteiger partial charge is 0.418 e. The molecule has 1 aliphatic rings.